The van der Waals surface area contributed by atoms with Gasteiger partial charge in [-0.2, -0.15) is 0 Å². The predicted molar refractivity (Wildman–Crippen MR) is 108 cm³/mol. The average molecular weight is 391 g/mol. The highest BCUT2D eigenvalue weighted by Gasteiger charge is 2.65. The molecule has 27 heavy (non-hydrogen) atoms. The first-order valence-electron chi connectivity index (χ1n) is 11.0. The van der Waals surface area contributed by atoms with Gasteiger partial charge in [0.1, 0.15) is 11.0 Å². The molecule has 0 amide bonds. The number of hydrogen-bond donors (Lipinski definition) is 0. The van der Waals surface area contributed by atoms with Gasteiger partial charge in [0.15, 0.2) is 0 Å². The molecule has 0 aromatic heterocycles. The lowest BCUT2D eigenvalue weighted by Gasteiger charge is -2.59. The van der Waals surface area contributed by atoms with Crippen LogP contribution >= 0.6 is 11.8 Å². The van der Waals surface area contributed by atoms with Crippen LogP contribution in [0, 0.1) is 28.6 Å². The van der Waals surface area contributed by atoms with Crippen LogP contribution in [-0.2, 0) is 14.3 Å². The van der Waals surface area contributed by atoms with Gasteiger partial charge in [-0.15, -0.1) is 11.8 Å². The third-order valence-corrected chi connectivity index (χ3v) is 10.8. The molecule has 3 saturated carbocycles. The number of ether oxygens (including phenoxy) is 2. The maximum Gasteiger partial charge on any atom is 0.302 e. The summed E-state index contributed by atoms with van der Waals surface area (Å²) in [6.07, 6.45) is 12.3. The third kappa shape index (κ3) is 2.54. The number of carbonyl (C=O) groups excluding carboxylic acids is 1. The fourth-order valence-corrected chi connectivity index (χ4v) is 9.36. The van der Waals surface area contributed by atoms with Gasteiger partial charge in [-0.3, -0.25) is 4.79 Å². The third-order valence-electron chi connectivity index (χ3n) is 9.19. The van der Waals surface area contributed by atoms with Crippen molar-refractivity contribution in [2.75, 3.05) is 12.4 Å². The molecule has 3 nitrogen and oxygen atoms in total. The van der Waals surface area contributed by atoms with E-state index in [0.717, 1.165) is 37.2 Å². The molecule has 5 aliphatic rings. The predicted octanol–water partition coefficient (Wildman–Crippen LogP) is 5.34. The SMILES string of the molecule is CC(=O)O[C@H]1CC[C@@]2(C)C(=CC[C@@H]3[C@@H]2CC[C@@]2(C)[C@H]3CCC23OCCS3)C1. The Bertz CT molecular complexity index is 667. The number of hydrogen-bond acceptors (Lipinski definition) is 4. The maximum atomic E-state index is 11.4. The normalized spacial score (nSPS) is 51.3. The zero-order valence-corrected chi connectivity index (χ0v) is 17.9. The molecule has 5 rings (SSSR count). The van der Waals surface area contributed by atoms with E-state index in [9.17, 15) is 4.79 Å². The van der Waals surface area contributed by atoms with Crippen LogP contribution in [0.1, 0.15) is 72.1 Å². The zero-order chi connectivity index (χ0) is 18.9. The second-order valence-electron chi connectivity index (χ2n) is 10.2. The molecular weight excluding hydrogens is 356 g/mol. The first kappa shape index (κ1) is 18.5. The first-order valence-corrected chi connectivity index (χ1v) is 12.0. The molecule has 0 radical (unpaired) electrons. The summed E-state index contributed by atoms with van der Waals surface area (Å²) in [5.74, 6) is 3.47. The van der Waals surface area contributed by atoms with E-state index in [4.69, 9.17) is 9.47 Å². The van der Waals surface area contributed by atoms with Gasteiger partial charge >= 0.3 is 5.97 Å². The van der Waals surface area contributed by atoms with Gasteiger partial charge in [-0.05, 0) is 68.1 Å². The molecule has 0 aromatic rings. The van der Waals surface area contributed by atoms with Gasteiger partial charge in [-0.25, -0.2) is 0 Å². The highest BCUT2D eigenvalue weighted by Crippen LogP contribution is 2.70. The van der Waals surface area contributed by atoms with Crippen molar-refractivity contribution in [1.29, 1.82) is 0 Å². The summed E-state index contributed by atoms with van der Waals surface area (Å²) in [7, 11) is 0. The Balaban J connectivity index is 1.41. The van der Waals surface area contributed by atoms with Crippen molar-refractivity contribution in [3.63, 3.8) is 0 Å². The Morgan fingerprint density at radius 3 is 2.74 bits per heavy atom. The van der Waals surface area contributed by atoms with Crippen molar-refractivity contribution in [3.8, 4) is 0 Å². The quantitative estimate of drug-likeness (QED) is 0.447. The molecule has 7 atom stereocenters. The topological polar surface area (TPSA) is 35.5 Å². The minimum atomic E-state index is -0.128. The lowest BCUT2D eigenvalue weighted by atomic mass is 9.48. The first-order chi connectivity index (χ1) is 12.9. The molecule has 0 N–H and O–H groups in total. The van der Waals surface area contributed by atoms with Crippen molar-refractivity contribution >= 4 is 17.7 Å². The number of esters is 1. The second-order valence-corrected chi connectivity index (χ2v) is 11.5. The smallest absolute Gasteiger partial charge is 0.302 e. The van der Waals surface area contributed by atoms with Crippen molar-refractivity contribution < 1.29 is 14.3 Å². The van der Waals surface area contributed by atoms with E-state index >= 15 is 0 Å². The Kier molecular flexibility index (Phi) is 4.30. The van der Waals surface area contributed by atoms with Crippen LogP contribution in [0.25, 0.3) is 0 Å². The van der Waals surface area contributed by atoms with E-state index < -0.39 is 0 Å². The van der Waals surface area contributed by atoms with Gasteiger partial charge in [-0.1, -0.05) is 25.5 Å². The van der Waals surface area contributed by atoms with E-state index in [1.165, 1.54) is 44.3 Å². The van der Waals surface area contributed by atoms with Crippen LogP contribution < -0.4 is 0 Å². The fraction of sp³-hybridized carbons (Fsp3) is 0.870. The van der Waals surface area contributed by atoms with E-state index in [1.807, 2.05) is 0 Å². The molecular formula is C23H34O3S. The molecule has 1 spiro atoms. The molecule has 1 heterocycles. The maximum absolute atomic E-state index is 11.4. The Morgan fingerprint density at radius 1 is 1.19 bits per heavy atom. The molecule has 4 aliphatic carbocycles. The van der Waals surface area contributed by atoms with E-state index in [0.29, 0.717) is 10.8 Å². The van der Waals surface area contributed by atoms with Crippen molar-refractivity contribution in [3.05, 3.63) is 11.6 Å². The summed E-state index contributed by atoms with van der Waals surface area (Å²) >= 11 is 2.12. The van der Waals surface area contributed by atoms with Crippen LogP contribution in [0.15, 0.2) is 11.6 Å². The van der Waals surface area contributed by atoms with E-state index in [1.54, 1.807) is 12.5 Å². The Labute approximate surface area is 168 Å². The standard InChI is InChI=1S/C23H34O3S/c1-15(24)26-17-6-9-21(2)16(14-17)4-5-18-19(21)7-10-22(3)20(18)8-11-23(22)25-12-13-27-23/h4,17-20H,5-14H2,1-3H3/t17-,18+,19-,20-,21-,22-,23?/m0/s1. The summed E-state index contributed by atoms with van der Waals surface area (Å²) in [6.45, 7) is 7.56. The molecule has 4 heteroatoms. The molecule has 1 aliphatic heterocycles. The molecule has 0 aromatic carbocycles. The fourth-order valence-electron chi connectivity index (χ4n) is 7.85. The molecule has 4 fully saturated rings. The summed E-state index contributed by atoms with van der Waals surface area (Å²) in [5, 5.41) is 0. The Morgan fingerprint density at radius 2 is 2.00 bits per heavy atom. The summed E-state index contributed by atoms with van der Waals surface area (Å²) in [6, 6.07) is 0. The van der Waals surface area contributed by atoms with E-state index in [2.05, 4.69) is 31.7 Å². The van der Waals surface area contributed by atoms with Gasteiger partial charge in [0, 0.05) is 24.5 Å². The van der Waals surface area contributed by atoms with Crippen LogP contribution in [0.4, 0.5) is 0 Å². The second kappa shape index (κ2) is 6.26. The lowest BCUT2D eigenvalue weighted by Crippen LogP contribution is -2.53. The van der Waals surface area contributed by atoms with Gasteiger partial charge in [0.05, 0.1) is 6.61 Å². The monoisotopic (exact) mass is 390 g/mol. The van der Waals surface area contributed by atoms with Crippen molar-refractivity contribution in [2.24, 2.45) is 28.6 Å². The average Bonchev–Trinajstić information content (AvgIpc) is 3.21. The van der Waals surface area contributed by atoms with Gasteiger partial charge in [0.25, 0.3) is 0 Å². The number of thioether (sulfide) groups is 1. The van der Waals surface area contributed by atoms with Gasteiger partial charge < -0.3 is 9.47 Å². The largest absolute Gasteiger partial charge is 0.462 e. The zero-order valence-electron chi connectivity index (χ0n) is 17.1. The highest BCUT2D eigenvalue weighted by molar-refractivity contribution is 8.00. The molecule has 1 saturated heterocycles. The molecule has 1 unspecified atom stereocenters. The lowest BCUT2D eigenvalue weighted by molar-refractivity contribution is -0.149. The summed E-state index contributed by atoms with van der Waals surface area (Å²) in [4.78, 5) is 11.5. The minimum Gasteiger partial charge on any atom is -0.462 e. The Hall–Kier alpha value is -0.480. The minimum absolute atomic E-state index is 0.102. The number of allylic oxidation sites excluding steroid dienone is 1. The highest BCUT2D eigenvalue weighted by atomic mass is 32.2. The van der Waals surface area contributed by atoms with Crippen molar-refractivity contribution in [2.45, 2.75) is 83.2 Å². The number of carbonyl (C=O) groups is 1. The molecule has 150 valence electrons. The van der Waals surface area contributed by atoms with Crippen molar-refractivity contribution in [1.82, 2.24) is 0 Å². The number of rotatable bonds is 1. The number of fused-ring (bicyclic) bond motifs is 6. The molecule has 0 bridgehead atoms. The van der Waals surface area contributed by atoms with Gasteiger partial charge in [0.2, 0.25) is 0 Å². The van der Waals surface area contributed by atoms with E-state index in [-0.39, 0.29) is 17.0 Å². The summed E-state index contributed by atoms with van der Waals surface area (Å²) < 4.78 is 12.0. The summed E-state index contributed by atoms with van der Waals surface area (Å²) in [5.41, 5.74) is 2.26. The van der Waals surface area contributed by atoms with Crippen LogP contribution in [0.5, 0.6) is 0 Å². The van der Waals surface area contributed by atoms with Crippen LogP contribution in [-0.4, -0.2) is 29.4 Å². The van der Waals surface area contributed by atoms with Crippen LogP contribution in [0.2, 0.25) is 0 Å². The van der Waals surface area contributed by atoms with Crippen LogP contribution in [0.3, 0.4) is 0 Å².